The summed E-state index contributed by atoms with van der Waals surface area (Å²) < 4.78 is 28.8. The van der Waals surface area contributed by atoms with Crippen molar-refractivity contribution in [3.63, 3.8) is 0 Å². The molecule has 9 nitrogen and oxygen atoms in total. The van der Waals surface area contributed by atoms with E-state index in [-0.39, 0.29) is 17.0 Å². The number of nitrogens with one attached hydrogen (secondary N) is 3. The third-order valence-electron chi connectivity index (χ3n) is 4.43. The maximum absolute atomic E-state index is 12.3. The molecule has 10 heteroatoms. The number of aryl methyl sites for hydroxylation is 2. The average Bonchev–Trinajstić information content (AvgIpc) is 3.05. The van der Waals surface area contributed by atoms with Gasteiger partial charge in [0.1, 0.15) is 5.52 Å². The maximum Gasteiger partial charge on any atom is 0.319 e. The quantitative estimate of drug-likeness (QED) is 0.532. The van der Waals surface area contributed by atoms with Crippen molar-refractivity contribution in [2.75, 3.05) is 11.9 Å². The molecule has 2 aromatic carbocycles. The summed E-state index contributed by atoms with van der Waals surface area (Å²) in [5.74, 6) is 0. The van der Waals surface area contributed by atoms with E-state index in [0.29, 0.717) is 24.1 Å². The SMILES string of the molecule is Cc1ccc(NC(=O)NCCn2nnc3cc(S(=O)(=O)NC(C)C)ccc32)c(C)c1. The molecule has 0 aliphatic rings. The van der Waals surface area contributed by atoms with Gasteiger partial charge in [0, 0.05) is 18.3 Å². The van der Waals surface area contributed by atoms with Crippen molar-refractivity contribution in [2.24, 2.45) is 0 Å². The lowest BCUT2D eigenvalue weighted by Gasteiger charge is -2.11. The summed E-state index contributed by atoms with van der Waals surface area (Å²) in [6.07, 6.45) is 0. The number of fused-ring (bicyclic) bond motifs is 1. The number of hydrogen-bond acceptors (Lipinski definition) is 5. The number of rotatable bonds is 7. The van der Waals surface area contributed by atoms with Crippen LogP contribution >= 0.6 is 0 Å². The van der Waals surface area contributed by atoms with Gasteiger partial charge in [-0.3, -0.25) is 0 Å². The second-order valence-corrected chi connectivity index (χ2v) is 9.15. The molecule has 0 aliphatic carbocycles. The standard InChI is InChI=1S/C20H26N6O3S/c1-13(2)24-30(28,29)16-6-8-19-18(12-16)23-25-26(19)10-9-21-20(27)22-17-7-5-14(3)11-15(17)4/h5-8,11-13,24H,9-10H2,1-4H3,(H2,21,22,27). The van der Waals surface area contributed by atoms with Crippen LogP contribution in [0.2, 0.25) is 0 Å². The Bertz CT molecular complexity index is 1170. The number of sulfonamides is 1. The highest BCUT2D eigenvalue weighted by molar-refractivity contribution is 7.89. The van der Waals surface area contributed by atoms with Crippen LogP contribution in [0.25, 0.3) is 11.0 Å². The average molecular weight is 431 g/mol. The van der Waals surface area contributed by atoms with Crippen LogP contribution < -0.4 is 15.4 Å². The van der Waals surface area contributed by atoms with Crippen LogP contribution in [0.1, 0.15) is 25.0 Å². The Morgan fingerprint density at radius 1 is 1.13 bits per heavy atom. The summed E-state index contributed by atoms with van der Waals surface area (Å²) in [6, 6.07) is 9.98. The molecular formula is C20H26N6O3S. The molecule has 0 saturated carbocycles. The zero-order chi connectivity index (χ0) is 21.9. The van der Waals surface area contributed by atoms with E-state index in [2.05, 4.69) is 25.7 Å². The number of nitrogens with zero attached hydrogens (tertiary/aromatic N) is 3. The van der Waals surface area contributed by atoms with Gasteiger partial charge in [-0.2, -0.15) is 0 Å². The Hall–Kier alpha value is -2.98. The largest absolute Gasteiger partial charge is 0.336 e. The van der Waals surface area contributed by atoms with Crippen LogP contribution in [-0.4, -0.2) is 42.0 Å². The van der Waals surface area contributed by atoms with E-state index in [9.17, 15) is 13.2 Å². The summed E-state index contributed by atoms with van der Waals surface area (Å²) in [5.41, 5.74) is 4.04. The van der Waals surface area contributed by atoms with Crippen molar-refractivity contribution in [1.82, 2.24) is 25.0 Å². The first-order valence-electron chi connectivity index (χ1n) is 9.63. The minimum absolute atomic E-state index is 0.140. The molecular weight excluding hydrogens is 404 g/mol. The van der Waals surface area contributed by atoms with Gasteiger partial charge in [-0.05, 0) is 57.5 Å². The number of carbonyl (C=O) groups is 1. The number of carbonyl (C=O) groups excluding carboxylic acids is 1. The van der Waals surface area contributed by atoms with Gasteiger partial charge in [0.2, 0.25) is 10.0 Å². The van der Waals surface area contributed by atoms with E-state index in [1.54, 1.807) is 24.6 Å². The predicted octanol–water partition coefficient (Wildman–Crippen LogP) is 2.56. The van der Waals surface area contributed by atoms with Gasteiger partial charge >= 0.3 is 6.03 Å². The highest BCUT2D eigenvalue weighted by Crippen LogP contribution is 2.18. The van der Waals surface area contributed by atoms with E-state index < -0.39 is 10.0 Å². The third kappa shape index (κ3) is 5.14. The fraction of sp³-hybridized carbons (Fsp3) is 0.350. The van der Waals surface area contributed by atoms with E-state index in [1.165, 1.54) is 12.1 Å². The normalized spacial score (nSPS) is 11.8. The molecule has 0 fully saturated rings. The lowest BCUT2D eigenvalue weighted by Crippen LogP contribution is -2.32. The van der Waals surface area contributed by atoms with Crippen molar-refractivity contribution in [2.45, 2.75) is 45.2 Å². The number of urea groups is 1. The zero-order valence-electron chi connectivity index (χ0n) is 17.4. The Morgan fingerprint density at radius 3 is 2.60 bits per heavy atom. The summed E-state index contributed by atoms with van der Waals surface area (Å²) >= 11 is 0. The summed E-state index contributed by atoms with van der Waals surface area (Å²) in [6.45, 7) is 8.19. The molecule has 0 atom stereocenters. The molecule has 2 amide bonds. The first kappa shape index (κ1) is 21.7. The molecule has 1 heterocycles. The van der Waals surface area contributed by atoms with Crippen molar-refractivity contribution in [3.8, 4) is 0 Å². The molecule has 0 radical (unpaired) electrons. The van der Waals surface area contributed by atoms with Gasteiger partial charge in [-0.25, -0.2) is 22.6 Å². The summed E-state index contributed by atoms with van der Waals surface area (Å²) in [5, 5.41) is 13.7. The zero-order valence-corrected chi connectivity index (χ0v) is 18.2. The van der Waals surface area contributed by atoms with Crippen molar-refractivity contribution >= 4 is 32.8 Å². The van der Waals surface area contributed by atoms with Crippen LogP contribution in [0.4, 0.5) is 10.5 Å². The molecule has 160 valence electrons. The number of aromatic nitrogens is 3. The lowest BCUT2D eigenvalue weighted by atomic mass is 10.1. The van der Waals surface area contributed by atoms with Gasteiger partial charge in [0.15, 0.2) is 0 Å². The molecule has 30 heavy (non-hydrogen) atoms. The predicted molar refractivity (Wildman–Crippen MR) is 116 cm³/mol. The monoisotopic (exact) mass is 430 g/mol. The van der Waals surface area contributed by atoms with E-state index in [4.69, 9.17) is 0 Å². The lowest BCUT2D eigenvalue weighted by molar-refractivity contribution is 0.251. The van der Waals surface area contributed by atoms with Crippen molar-refractivity contribution in [3.05, 3.63) is 47.5 Å². The Labute approximate surface area is 175 Å². The van der Waals surface area contributed by atoms with Crippen LogP contribution in [0, 0.1) is 13.8 Å². The van der Waals surface area contributed by atoms with Crippen LogP contribution in [0.3, 0.4) is 0 Å². The molecule has 3 N–H and O–H groups in total. The fourth-order valence-corrected chi connectivity index (χ4v) is 4.33. The number of amides is 2. The molecule has 0 aliphatic heterocycles. The third-order valence-corrected chi connectivity index (χ3v) is 6.08. The topological polar surface area (TPSA) is 118 Å². The van der Waals surface area contributed by atoms with Crippen LogP contribution in [0.15, 0.2) is 41.3 Å². The van der Waals surface area contributed by atoms with Gasteiger partial charge in [0.25, 0.3) is 0 Å². The van der Waals surface area contributed by atoms with Gasteiger partial charge < -0.3 is 10.6 Å². The van der Waals surface area contributed by atoms with Gasteiger partial charge in [0.05, 0.1) is 17.0 Å². The van der Waals surface area contributed by atoms with E-state index >= 15 is 0 Å². The molecule has 0 saturated heterocycles. The number of benzene rings is 2. The van der Waals surface area contributed by atoms with E-state index in [1.807, 2.05) is 32.0 Å². The first-order valence-corrected chi connectivity index (χ1v) is 11.1. The second-order valence-electron chi connectivity index (χ2n) is 7.44. The van der Waals surface area contributed by atoms with Crippen molar-refractivity contribution < 1.29 is 13.2 Å². The maximum atomic E-state index is 12.3. The van der Waals surface area contributed by atoms with Crippen LogP contribution in [-0.2, 0) is 16.6 Å². The Balaban J connectivity index is 1.62. The molecule has 0 spiro atoms. The smallest absolute Gasteiger partial charge is 0.319 e. The minimum atomic E-state index is -3.60. The summed E-state index contributed by atoms with van der Waals surface area (Å²) in [4.78, 5) is 12.3. The van der Waals surface area contributed by atoms with Gasteiger partial charge in [-0.1, -0.05) is 22.9 Å². The van der Waals surface area contributed by atoms with Crippen molar-refractivity contribution in [1.29, 1.82) is 0 Å². The molecule has 0 unspecified atom stereocenters. The molecule has 0 bridgehead atoms. The van der Waals surface area contributed by atoms with Gasteiger partial charge in [-0.15, -0.1) is 5.10 Å². The summed E-state index contributed by atoms with van der Waals surface area (Å²) in [7, 11) is -3.60. The first-order chi connectivity index (χ1) is 14.2. The Kier molecular flexibility index (Phi) is 6.37. The molecule has 1 aromatic heterocycles. The molecule has 3 rings (SSSR count). The second kappa shape index (κ2) is 8.80. The van der Waals surface area contributed by atoms with E-state index in [0.717, 1.165) is 16.8 Å². The fourth-order valence-electron chi connectivity index (χ4n) is 3.06. The Morgan fingerprint density at radius 2 is 1.90 bits per heavy atom. The van der Waals surface area contributed by atoms with Crippen LogP contribution in [0.5, 0.6) is 0 Å². The molecule has 3 aromatic rings. The number of anilines is 1. The number of hydrogen-bond donors (Lipinski definition) is 3. The highest BCUT2D eigenvalue weighted by atomic mass is 32.2. The minimum Gasteiger partial charge on any atom is -0.336 e. The highest BCUT2D eigenvalue weighted by Gasteiger charge is 2.17.